The van der Waals surface area contributed by atoms with Crippen LogP contribution in [0.3, 0.4) is 0 Å². The summed E-state index contributed by atoms with van der Waals surface area (Å²) in [5.74, 6) is 0. The van der Waals surface area contributed by atoms with E-state index in [1.54, 1.807) is 11.8 Å². The monoisotopic (exact) mass is 159 g/mol. The van der Waals surface area contributed by atoms with E-state index in [1.165, 1.54) is 0 Å². The molecule has 1 heterocycles. The van der Waals surface area contributed by atoms with Crippen molar-refractivity contribution in [2.75, 3.05) is 6.26 Å². The van der Waals surface area contributed by atoms with Gasteiger partial charge in [-0.15, -0.1) is 11.8 Å². The first kappa shape index (κ1) is 7.09. The Morgan fingerprint density at radius 2 is 2.33 bits per heavy atom. The van der Waals surface area contributed by atoms with Crippen LogP contribution in [0.1, 0.15) is 0 Å². The van der Waals surface area contributed by atoms with E-state index in [9.17, 15) is 0 Å². The van der Waals surface area contributed by atoms with E-state index in [0.717, 1.165) is 0 Å². The van der Waals surface area contributed by atoms with E-state index >= 15 is 0 Å². The summed E-state index contributed by atoms with van der Waals surface area (Å²) < 4.78 is 7.90. The highest BCUT2D eigenvalue weighted by Gasteiger charge is 2.05. The van der Waals surface area contributed by atoms with Crippen LogP contribution in [-0.2, 0) is 10.7 Å². The first-order valence-electron chi connectivity index (χ1n) is 2.65. The molecule has 0 bridgehead atoms. The van der Waals surface area contributed by atoms with Gasteiger partial charge in [-0.2, -0.15) is 0 Å². The second kappa shape index (κ2) is 3.22. The van der Waals surface area contributed by atoms with Crippen LogP contribution in [0.25, 0.3) is 0 Å². The van der Waals surface area contributed by atoms with Gasteiger partial charge in [-0.1, -0.05) is 28.9 Å². The zero-order valence-corrected chi connectivity index (χ0v) is 6.84. The lowest BCUT2D eigenvalue weighted by molar-refractivity contribution is 1.54. The second-order valence-corrected chi connectivity index (χ2v) is 4.49. The van der Waals surface area contributed by atoms with Gasteiger partial charge < -0.3 is 0 Å². The fourth-order valence-electron chi connectivity index (χ4n) is 0.629. The maximum Gasteiger partial charge on any atom is 0.0826 e. The number of hydrogen-bond acceptors (Lipinski definition) is 2. The van der Waals surface area contributed by atoms with Gasteiger partial charge in [-0.25, -0.2) is 0 Å². The van der Waals surface area contributed by atoms with Crippen LogP contribution in [0.15, 0.2) is 23.6 Å². The van der Waals surface area contributed by atoms with Crippen molar-refractivity contribution in [2.45, 2.75) is 4.58 Å². The smallest absolute Gasteiger partial charge is 0.0826 e. The molecule has 0 saturated carbocycles. The van der Waals surface area contributed by atoms with Crippen molar-refractivity contribution in [2.24, 2.45) is 0 Å². The topological polar surface area (TPSA) is 23.9 Å². The largest absolute Gasteiger partial charge is 0.275 e. The molecule has 0 radical (unpaired) electrons. The molecular weight excluding hydrogens is 150 g/mol. The van der Waals surface area contributed by atoms with Crippen LogP contribution >= 0.6 is 11.8 Å². The summed E-state index contributed by atoms with van der Waals surface area (Å²) >= 11 is 1.74. The third-order valence-electron chi connectivity index (χ3n) is 1.09. The summed E-state index contributed by atoms with van der Waals surface area (Å²) in [7, 11) is -0.282. The molecule has 1 aliphatic rings. The van der Waals surface area contributed by atoms with Gasteiger partial charge in [0.15, 0.2) is 0 Å². The number of nitrogens with one attached hydrogen (secondary N) is 1. The van der Waals surface area contributed by atoms with E-state index in [2.05, 4.69) is 6.08 Å². The molecular formula is C6H9NS2. The molecule has 0 amide bonds. The molecule has 1 nitrogen and oxygen atoms in total. The molecule has 50 valence electrons. The molecule has 1 N–H and O–H groups in total. The maximum absolute atomic E-state index is 7.50. The molecule has 0 aromatic carbocycles. The standard InChI is InChI=1S/C6H9NS2/c1-8-6-4-2-3-5-9(6)7/h2-7H,1H3. The quantitative estimate of drug-likeness (QED) is 0.622. The van der Waals surface area contributed by atoms with Crippen molar-refractivity contribution in [3.63, 3.8) is 0 Å². The van der Waals surface area contributed by atoms with Gasteiger partial charge in [0.25, 0.3) is 0 Å². The van der Waals surface area contributed by atoms with Crippen molar-refractivity contribution < 1.29 is 0 Å². The van der Waals surface area contributed by atoms with E-state index in [4.69, 9.17) is 4.78 Å². The van der Waals surface area contributed by atoms with Crippen molar-refractivity contribution in [3.05, 3.63) is 23.6 Å². The molecule has 0 spiro atoms. The number of allylic oxidation sites excluding steroid dienone is 2. The first-order valence-corrected chi connectivity index (χ1v) is 5.29. The van der Waals surface area contributed by atoms with Gasteiger partial charge in [-0.05, 0) is 11.7 Å². The van der Waals surface area contributed by atoms with Crippen molar-refractivity contribution >= 4 is 22.5 Å². The minimum Gasteiger partial charge on any atom is -0.275 e. The Hall–Kier alpha value is -0.0200. The van der Waals surface area contributed by atoms with Gasteiger partial charge in [0.2, 0.25) is 0 Å². The zero-order valence-electron chi connectivity index (χ0n) is 5.20. The third kappa shape index (κ3) is 1.69. The van der Waals surface area contributed by atoms with Crippen molar-refractivity contribution in [1.29, 1.82) is 4.78 Å². The number of thioether (sulfide) groups is 1. The summed E-state index contributed by atoms with van der Waals surface area (Å²) in [6.07, 6.45) is 8.09. The summed E-state index contributed by atoms with van der Waals surface area (Å²) in [6, 6.07) is 0. The fraction of sp³-hybridized carbons (Fsp3) is 0.333. The fourth-order valence-corrected chi connectivity index (χ4v) is 2.57. The Morgan fingerprint density at radius 3 is 2.78 bits per heavy atom. The highest BCUT2D eigenvalue weighted by atomic mass is 32.2. The Balaban J connectivity index is 2.66. The Morgan fingerprint density at radius 1 is 1.56 bits per heavy atom. The van der Waals surface area contributed by atoms with Crippen LogP contribution in [0.5, 0.6) is 0 Å². The molecule has 1 aliphatic heterocycles. The van der Waals surface area contributed by atoms with Crippen LogP contribution in [0.4, 0.5) is 0 Å². The molecule has 0 aromatic heterocycles. The highest BCUT2D eigenvalue weighted by molar-refractivity contribution is 8.12. The highest BCUT2D eigenvalue weighted by Crippen LogP contribution is 2.17. The number of rotatable bonds is 1. The maximum atomic E-state index is 7.50. The van der Waals surface area contributed by atoms with Crippen molar-refractivity contribution in [1.82, 2.24) is 0 Å². The van der Waals surface area contributed by atoms with Crippen LogP contribution in [0, 0.1) is 4.78 Å². The van der Waals surface area contributed by atoms with E-state index in [0.29, 0.717) is 4.58 Å². The summed E-state index contributed by atoms with van der Waals surface area (Å²) in [6.45, 7) is 0. The number of hydrogen-bond donors (Lipinski definition) is 1. The molecule has 0 aliphatic carbocycles. The Bertz CT molecular complexity index is 172. The van der Waals surface area contributed by atoms with Gasteiger partial charge in [0, 0.05) is 0 Å². The van der Waals surface area contributed by atoms with E-state index in [1.807, 2.05) is 23.8 Å². The minimum absolute atomic E-state index is 0.282. The van der Waals surface area contributed by atoms with Crippen LogP contribution in [-0.4, -0.2) is 10.8 Å². The molecule has 3 heteroatoms. The summed E-state index contributed by atoms with van der Waals surface area (Å²) in [4.78, 5) is 0. The lowest BCUT2D eigenvalue weighted by Crippen LogP contribution is -2.04. The summed E-state index contributed by atoms with van der Waals surface area (Å²) in [5, 5.41) is 1.95. The van der Waals surface area contributed by atoms with E-state index in [-0.39, 0.29) is 10.7 Å². The normalized spacial score (nSPS) is 33.0. The molecule has 9 heavy (non-hydrogen) atoms. The molecule has 2 atom stereocenters. The lowest BCUT2D eigenvalue weighted by atomic mass is 10.5. The predicted octanol–water partition coefficient (Wildman–Crippen LogP) is 2.14. The molecule has 0 fully saturated rings. The molecule has 0 saturated heterocycles. The SMILES string of the molecule is CSC1C=CC=CS1=N. The molecule has 0 aromatic rings. The summed E-state index contributed by atoms with van der Waals surface area (Å²) in [5.41, 5.74) is 0. The minimum atomic E-state index is -0.282. The third-order valence-corrected chi connectivity index (χ3v) is 4.02. The Kier molecular flexibility index (Phi) is 2.54. The zero-order chi connectivity index (χ0) is 6.69. The van der Waals surface area contributed by atoms with Crippen molar-refractivity contribution in [3.8, 4) is 0 Å². The van der Waals surface area contributed by atoms with Gasteiger partial charge in [0.1, 0.15) is 0 Å². The average Bonchev–Trinajstić information content (AvgIpc) is 1.89. The second-order valence-electron chi connectivity index (χ2n) is 1.69. The van der Waals surface area contributed by atoms with Crippen LogP contribution in [0.2, 0.25) is 0 Å². The predicted molar refractivity (Wildman–Crippen MR) is 45.7 cm³/mol. The van der Waals surface area contributed by atoms with E-state index < -0.39 is 0 Å². The first-order chi connectivity index (χ1) is 4.34. The van der Waals surface area contributed by atoms with Gasteiger partial charge in [-0.3, -0.25) is 4.78 Å². The lowest BCUT2D eigenvalue weighted by Gasteiger charge is -2.10. The average molecular weight is 159 g/mol. The molecule has 1 rings (SSSR count). The Labute approximate surface area is 62.1 Å². The van der Waals surface area contributed by atoms with Gasteiger partial charge >= 0.3 is 0 Å². The molecule has 2 unspecified atom stereocenters. The van der Waals surface area contributed by atoms with Gasteiger partial charge in [0.05, 0.1) is 4.58 Å². The van der Waals surface area contributed by atoms with Crippen LogP contribution < -0.4 is 0 Å².